The molecule has 0 unspecified atom stereocenters. The summed E-state index contributed by atoms with van der Waals surface area (Å²) in [5.41, 5.74) is 6.72. The van der Waals surface area contributed by atoms with Crippen LogP contribution in [-0.2, 0) is 16.1 Å². The van der Waals surface area contributed by atoms with Crippen LogP contribution in [0.2, 0.25) is 0 Å². The standard InChI is InChI=1S/C24H35N3O3/c1-3-4-5-6-7-8-9-10-11-12-19-17-20(13-14-21(19)29-2)22(26)27-30-23(28)24(18-25)15-16-24/h13-14,17H,3-12,15-16H2,1-2H3,(H2,26,27)/i22+2. The molecule has 1 fully saturated rings. The molecule has 0 aliphatic heterocycles. The van der Waals surface area contributed by atoms with Gasteiger partial charge in [-0.1, -0.05) is 63.4 Å². The Morgan fingerprint density at radius 3 is 2.37 bits per heavy atom. The van der Waals surface area contributed by atoms with Crippen LogP contribution in [0, 0.1) is 16.7 Å². The number of rotatable bonds is 14. The molecule has 0 amide bonds. The number of methoxy groups -OCH3 is 1. The second-order valence-corrected chi connectivity index (χ2v) is 8.15. The van der Waals surface area contributed by atoms with Gasteiger partial charge in [-0.15, -0.1) is 0 Å². The highest BCUT2D eigenvalue weighted by Crippen LogP contribution is 2.46. The Hall–Kier alpha value is -2.55. The van der Waals surface area contributed by atoms with Crippen molar-refractivity contribution in [3.8, 4) is 11.8 Å². The topological polar surface area (TPSA) is 97.7 Å². The molecule has 0 radical (unpaired) electrons. The molecule has 0 heterocycles. The first-order valence-electron chi connectivity index (χ1n) is 11.2. The van der Waals surface area contributed by atoms with E-state index >= 15 is 0 Å². The summed E-state index contributed by atoms with van der Waals surface area (Å²) in [6.45, 7) is 2.24. The van der Waals surface area contributed by atoms with Gasteiger partial charge in [0.2, 0.25) is 0 Å². The minimum atomic E-state index is -1.02. The SMILES string of the molecule is CCCCCCCCCCCc1cc([14C](N)=NOC(=O)C2(C#N)CC2)ccc1OC. The van der Waals surface area contributed by atoms with E-state index in [1.807, 2.05) is 18.2 Å². The maximum atomic E-state index is 11.9. The van der Waals surface area contributed by atoms with E-state index in [-0.39, 0.29) is 5.84 Å². The van der Waals surface area contributed by atoms with Gasteiger partial charge in [0.25, 0.3) is 0 Å². The summed E-state index contributed by atoms with van der Waals surface area (Å²) in [4.78, 5) is 16.8. The van der Waals surface area contributed by atoms with E-state index in [9.17, 15) is 4.79 Å². The van der Waals surface area contributed by atoms with Crippen molar-refractivity contribution in [3.63, 3.8) is 0 Å². The van der Waals surface area contributed by atoms with Gasteiger partial charge in [-0.3, -0.25) is 0 Å². The highest BCUT2D eigenvalue weighted by molar-refractivity contribution is 5.98. The number of benzene rings is 1. The predicted octanol–water partition coefficient (Wildman–Crippen LogP) is 5.24. The van der Waals surface area contributed by atoms with Crippen molar-refractivity contribution in [2.24, 2.45) is 16.3 Å². The van der Waals surface area contributed by atoms with Crippen LogP contribution in [0.4, 0.5) is 0 Å². The monoisotopic (exact) mass is 415 g/mol. The van der Waals surface area contributed by atoms with Crippen LogP contribution in [0.5, 0.6) is 5.75 Å². The van der Waals surface area contributed by atoms with E-state index in [0.717, 1.165) is 24.2 Å². The zero-order valence-electron chi connectivity index (χ0n) is 18.4. The smallest absolute Gasteiger partial charge is 0.355 e. The Kier molecular flexibility index (Phi) is 9.66. The number of nitrogens with two attached hydrogens (primary N) is 1. The average Bonchev–Trinajstić information content (AvgIpc) is 3.57. The van der Waals surface area contributed by atoms with Crippen LogP contribution in [0.25, 0.3) is 0 Å². The third-order valence-electron chi connectivity index (χ3n) is 5.71. The van der Waals surface area contributed by atoms with E-state index in [0.29, 0.717) is 18.4 Å². The van der Waals surface area contributed by atoms with Gasteiger partial charge in [-0.25, -0.2) is 4.79 Å². The number of nitriles is 1. The Labute approximate surface area is 180 Å². The fourth-order valence-corrected chi connectivity index (χ4v) is 3.48. The number of carbonyl (C=O) groups is 1. The molecule has 0 atom stereocenters. The van der Waals surface area contributed by atoms with E-state index in [1.165, 1.54) is 51.4 Å². The van der Waals surface area contributed by atoms with E-state index < -0.39 is 11.4 Å². The number of ether oxygens (including phenoxy) is 1. The quantitative estimate of drug-likeness (QED) is 0.147. The molecule has 164 valence electrons. The van der Waals surface area contributed by atoms with Crippen molar-refractivity contribution in [3.05, 3.63) is 29.3 Å². The molecule has 0 spiro atoms. The zero-order valence-corrected chi connectivity index (χ0v) is 18.4. The summed E-state index contributed by atoms with van der Waals surface area (Å²) in [7, 11) is 1.66. The molecular formula is C24H35N3O3. The fourth-order valence-electron chi connectivity index (χ4n) is 3.48. The van der Waals surface area contributed by atoms with Crippen molar-refractivity contribution in [1.29, 1.82) is 5.26 Å². The predicted molar refractivity (Wildman–Crippen MR) is 118 cm³/mol. The maximum absolute atomic E-state index is 11.9. The Morgan fingerprint density at radius 1 is 1.17 bits per heavy atom. The number of hydrogen-bond donors (Lipinski definition) is 1. The number of amidine groups is 1. The van der Waals surface area contributed by atoms with Crippen LogP contribution in [-0.4, -0.2) is 18.9 Å². The molecule has 6 heteroatoms. The lowest BCUT2D eigenvalue weighted by atomic mass is 10.0. The minimum Gasteiger partial charge on any atom is -0.496 e. The highest BCUT2D eigenvalue weighted by Gasteiger charge is 2.53. The Balaban J connectivity index is 1.83. The minimum absolute atomic E-state index is 0.119. The molecule has 6 nitrogen and oxygen atoms in total. The van der Waals surface area contributed by atoms with Crippen LogP contribution in [0.15, 0.2) is 23.4 Å². The van der Waals surface area contributed by atoms with Gasteiger partial charge >= 0.3 is 5.97 Å². The molecule has 1 saturated carbocycles. The first kappa shape index (κ1) is 23.7. The van der Waals surface area contributed by atoms with Crippen LogP contribution >= 0.6 is 0 Å². The maximum Gasteiger partial charge on any atom is 0.355 e. The Bertz CT molecular complexity index is 763. The second-order valence-electron chi connectivity index (χ2n) is 8.15. The van der Waals surface area contributed by atoms with E-state index in [4.69, 9.17) is 20.6 Å². The molecule has 1 aromatic rings. The molecule has 0 saturated heterocycles. The third kappa shape index (κ3) is 7.05. The lowest BCUT2D eigenvalue weighted by Gasteiger charge is -2.11. The normalized spacial score (nSPS) is 14.8. The first-order valence-corrected chi connectivity index (χ1v) is 11.2. The molecule has 1 aromatic carbocycles. The second kappa shape index (κ2) is 12.2. The summed E-state index contributed by atoms with van der Waals surface area (Å²) in [6, 6.07) is 7.58. The fraction of sp³-hybridized carbons (Fsp3) is 0.625. The molecule has 0 aromatic heterocycles. The van der Waals surface area contributed by atoms with Crippen molar-refractivity contribution in [2.45, 2.75) is 84.0 Å². The molecule has 30 heavy (non-hydrogen) atoms. The van der Waals surface area contributed by atoms with Crippen molar-refractivity contribution in [2.75, 3.05) is 7.11 Å². The van der Waals surface area contributed by atoms with Crippen molar-refractivity contribution < 1.29 is 14.4 Å². The van der Waals surface area contributed by atoms with Gasteiger partial charge in [-0.05, 0) is 49.4 Å². The van der Waals surface area contributed by atoms with Gasteiger partial charge < -0.3 is 15.3 Å². The molecule has 1 aliphatic rings. The van der Waals surface area contributed by atoms with E-state index in [1.54, 1.807) is 13.2 Å². The van der Waals surface area contributed by atoms with Gasteiger partial charge in [0.15, 0.2) is 11.3 Å². The van der Waals surface area contributed by atoms with Gasteiger partial charge in [0.1, 0.15) is 5.75 Å². The molecule has 2 N–H and O–H groups in total. The average molecular weight is 416 g/mol. The highest BCUT2D eigenvalue weighted by atomic mass is 16.7. The number of hydrogen-bond acceptors (Lipinski definition) is 5. The Morgan fingerprint density at radius 2 is 1.80 bits per heavy atom. The molecule has 2 rings (SSSR count). The van der Waals surface area contributed by atoms with Gasteiger partial charge in [0, 0.05) is 5.56 Å². The van der Waals surface area contributed by atoms with Crippen molar-refractivity contribution in [1.82, 2.24) is 0 Å². The largest absolute Gasteiger partial charge is 0.496 e. The molecule has 0 bridgehead atoms. The van der Waals surface area contributed by atoms with Crippen LogP contribution in [0.3, 0.4) is 0 Å². The summed E-state index contributed by atoms with van der Waals surface area (Å²) in [5, 5.41) is 12.8. The summed E-state index contributed by atoms with van der Waals surface area (Å²) >= 11 is 0. The molecular weight excluding hydrogens is 380 g/mol. The number of carbonyl (C=O) groups excluding carboxylic acids is 1. The first-order chi connectivity index (χ1) is 14.6. The number of unbranched alkanes of at least 4 members (excludes halogenated alkanes) is 8. The van der Waals surface area contributed by atoms with Gasteiger partial charge in [0.05, 0.1) is 13.2 Å². The summed E-state index contributed by atoms with van der Waals surface area (Å²) < 4.78 is 5.48. The van der Waals surface area contributed by atoms with Crippen LogP contribution in [0.1, 0.15) is 88.7 Å². The summed E-state index contributed by atoms with van der Waals surface area (Å²) in [5.74, 6) is 0.314. The third-order valence-corrected chi connectivity index (χ3v) is 5.71. The zero-order chi connectivity index (χ0) is 21.8. The van der Waals surface area contributed by atoms with Crippen LogP contribution < -0.4 is 10.5 Å². The number of oxime groups is 1. The van der Waals surface area contributed by atoms with Gasteiger partial charge in [-0.2, -0.15) is 5.26 Å². The lowest BCUT2D eigenvalue weighted by Crippen LogP contribution is -2.19. The number of aryl methyl sites for hydroxylation is 1. The van der Waals surface area contributed by atoms with Crippen molar-refractivity contribution >= 4 is 11.8 Å². The molecule has 1 aliphatic carbocycles. The summed E-state index contributed by atoms with van der Waals surface area (Å²) in [6.07, 6.45) is 13.5. The lowest BCUT2D eigenvalue weighted by molar-refractivity contribution is -0.147. The number of nitrogens with zero attached hydrogens (tertiary/aromatic N) is 2. The van der Waals surface area contributed by atoms with E-state index in [2.05, 4.69) is 12.1 Å².